The molecular formula is C20H24Cl2F3N3O. The molecule has 2 heterocycles. The number of benzene rings is 1. The standard InChI is InChI=1S/C20H23ClF3N3O.ClH/c21-17-13-16(25-9-4-12-26-10-2-1-3-11-26)6-7-18(17)27-14-15(20(22,23)24)5-8-19(27)28;/h5-8,13-14,25H,1-4,9-12H2;1H. The predicted octanol–water partition coefficient (Wildman–Crippen LogP) is 5.22. The number of hydrogen-bond acceptors (Lipinski definition) is 3. The van der Waals surface area contributed by atoms with Crippen LogP contribution in [0.3, 0.4) is 0 Å². The van der Waals surface area contributed by atoms with Gasteiger partial charge in [-0.25, -0.2) is 0 Å². The lowest BCUT2D eigenvalue weighted by molar-refractivity contribution is -0.138. The highest BCUT2D eigenvalue weighted by molar-refractivity contribution is 6.32. The van der Waals surface area contributed by atoms with Crippen LogP contribution in [0, 0.1) is 0 Å². The third-order valence-corrected chi connectivity index (χ3v) is 5.18. The SMILES string of the molecule is Cl.O=c1ccc(C(F)(F)F)cn1-c1ccc(NCCCN2CCCCC2)cc1Cl. The van der Waals surface area contributed by atoms with Crippen LogP contribution in [0.25, 0.3) is 5.69 Å². The van der Waals surface area contributed by atoms with Gasteiger partial charge in [0.15, 0.2) is 0 Å². The van der Waals surface area contributed by atoms with E-state index in [-0.39, 0.29) is 23.1 Å². The van der Waals surface area contributed by atoms with Crippen LogP contribution in [0.4, 0.5) is 18.9 Å². The smallest absolute Gasteiger partial charge is 0.385 e. The van der Waals surface area contributed by atoms with Gasteiger partial charge in [0.05, 0.1) is 16.3 Å². The van der Waals surface area contributed by atoms with Crippen LogP contribution in [0.5, 0.6) is 0 Å². The number of pyridine rings is 1. The quantitative estimate of drug-likeness (QED) is 0.614. The van der Waals surface area contributed by atoms with E-state index in [1.165, 1.54) is 19.3 Å². The van der Waals surface area contributed by atoms with Crippen LogP contribution in [-0.4, -0.2) is 35.6 Å². The summed E-state index contributed by atoms with van der Waals surface area (Å²) in [4.78, 5) is 14.5. The molecular weight excluding hydrogens is 426 g/mol. The third-order valence-electron chi connectivity index (χ3n) is 4.87. The molecule has 1 fully saturated rings. The zero-order valence-electron chi connectivity index (χ0n) is 15.8. The summed E-state index contributed by atoms with van der Waals surface area (Å²) in [6, 6.07) is 6.56. The molecule has 1 N–H and O–H groups in total. The Balaban J connectivity index is 0.00000300. The zero-order chi connectivity index (χ0) is 20.1. The summed E-state index contributed by atoms with van der Waals surface area (Å²) < 4.78 is 39.7. The van der Waals surface area contributed by atoms with E-state index in [0.717, 1.165) is 61.2 Å². The number of anilines is 1. The number of likely N-dealkylation sites (tertiary alicyclic amines) is 1. The van der Waals surface area contributed by atoms with E-state index in [4.69, 9.17) is 11.6 Å². The molecule has 1 aliphatic rings. The summed E-state index contributed by atoms with van der Waals surface area (Å²) in [6.45, 7) is 4.13. The summed E-state index contributed by atoms with van der Waals surface area (Å²) in [5, 5.41) is 3.49. The van der Waals surface area contributed by atoms with Crippen molar-refractivity contribution in [1.82, 2.24) is 9.47 Å². The number of nitrogens with one attached hydrogen (secondary N) is 1. The molecule has 0 saturated carbocycles. The molecule has 1 saturated heterocycles. The van der Waals surface area contributed by atoms with Crippen LogP contribution in [-0.2, 0) is 6.18 Å². The molecule has 1 aromatic heterocycles. The van der Waals surface area contributed by atoms with Crippen molar-refractivity contribution >= 4 is 29.7 Å². The van der Waals surface area contributed by atoms with Gasteiger partial charge in [0, 0.05) is 24.5 Å². The van der Waals surface area contributed by atoms with Crippen LogP contribution in [0.15, 0.2) is 41.3 Å². The van der Waals surface area contributed by atoms with Gasteiger partial charge >= 0.3 is 6.18 Å². The first-order valence-electron chi connectivity index (χ1n) is 9.41. The zero-order valence-corrected chi connectivity index (χ0v) is 17.4. The number of hydrogen-bond donors (Lipinski definition) is 1. The Morgan fingerprint density at radius 1 is 1.07 bits per heavy atom. The molecule has 4 nitrogen and oxygen atoms in total. The number of aromatic nitrogens is 1. The van der Waals surface area contributed by atoms with Gasteiger partial charge in [0.2, 0.25) is 0 Å². The van der Waals surface area contributed by atoms with E-state index < -0.39 is 17.3 Å². The monoisotopic (exact) mass is 449 g/mol. The van der Waals surface area contributed by atoms with E-state index in [1.54, 1.807) is 18.2 Å². The molecule has 160 valence electrons. The minimum absolute atomic E-state index is 0. The number of alkyl halides is 3. The van der Waals surface area contributed by atoms with Gasteiger partial charge < -0.3 is 10.2 Å². The van der Waals surface area contributed by atoms with Crippen LogP contribution in [0.1, 0.15) is 31.2 Å². The molecule has 9 heteroatoms. The van der Waals surface area contributed by atoms with Crippen molar-refractivity contribution in [3.8, 4) is 5.69 Å². The van der Waals surface area contributed by atoms with E-state index in [2.05, 4.69) is 10.2 Å². The molecule has 2 aromatic rings. The van der Waals surface area contributed by atoms with Crippen molar-refractivity contribution < 1.29 is 13.2 Å². The molecule has 0 radical (unpaired) electrons. The summed E-state index contributed by atoms with van der Waals surface area (Å²) >= 11 is 6.25. The van der Waals surface area contributed by atoms with E-state index >= 15 is 0 Å². The van der Waals surface area contributed by atoms with Crippen LogP contribution < -0.4 is 10.9 Å². The second-order valence-corrected chi connectivity index (χ2v) is 7.38. The highest BCUT2D eigenvalue weighted by atomic mass is 35.5. The van der Waals surface area contributed by atoms with Crippen LogP contribution >= 0.6 is 24.0 Å². The van der Waals surface area contributed by atoms with Crippen LogP contribution in [0.2, 0.25) is 5.02 Å². The lowest BCUT2D eigenvalue weighted by atomic mass is 10.1. The Kier molecular flexibility index (Phi) is 8.43. The van der Waals surface area contributed by atoms with Gasteiger partial charge in [-0.1, -0.05) is 18.0 Å². The number of nitrogens with zero attached hydrogens (tertiary/aromatic N) is 2. The first-order chi connectivity index (χ1) is 13.3. The highest BCUT2D eigenvalue weighted by Gasteiger charge is 2.31. The minimum atomic E-state index is -4.53. The predicted molar refractivity (Wildman–Crippen MR) is 113 cm³/mol. The average Bonchev–Trinajstić information content (AvgIpc) is 2.66. The molecule has 0 aliphatic carbocycles. The van der Waals surface area contributed by atoms with E-state index in [9.17, 15) is 18.0 Å². The van der Waals surface area contributed by atoms with Crippen molar-refractivity contribution in [2.24, 2.45) is 0 Å². The van der Waals surface area contributed by atoms with Gasteiger partial charge in [-0.2, -0.15) is 13.2 Å². The Hall–Kier alpha value is -1.70. The molecule has 0 amide bonds. The Morgan fingerprint density at radius 2 is 1.79 bits per heavy atom. The highest BCUT2D eigenvalue weighted by Crippen LogP contribution is 2.30. The molecule has 29 heavy (non-hydrogen) atoms. The summed E-state index contributed by atoms with van der Waals surface area (Å²) in [5.74, 6) is 0. The maximum absolute atomic E-state index is 12.9. The largest absolute Gasteiger partial charge is 0.417 e. The average molecular weight is 450 g/mol. The summed E-state index contributed by atoms with van der Waals surface area (Å²) in [5.41, 5.74) is -0.482. The fourth-order valence-electron chi connectivity index (χ4n) is 3.37. The molecule has 3 rings (SSSR count). The Bertz CT molecular complexity index is 865. The topological polar surface area (TPSA) is 37.3 Å². The normalized spacial score (nSPS) is 15.0. The third kappa shape index (κ3) is 6.39. The molecule has 0 atom stereocenters. The number of rotatable bonds is 6. The van der Waals surface area contributed by atoms with Crippen molar-refractivity contribution in [2.75, 3.05) is 31.5 Å². The van der Waals surface area contributed by atoms with Gasteiger partial charge in [0.1, 0.15) is 0 Å². The van der Waals surface area contributed by atoms with Gasteiger partial charge in [-0.15, -0.1) is 12.4 Å². The van der Waals surface area contributed by atoms with Crippen molar-refractivity contribution in [3.05, 3.63) is 57.5 Å². The fraction of sp³-hybridized carbons (Fsp3) is 0.450. The first-order valence-corrected chi connectivity index (χ1v) is 9.78. The van der Waals surface area contributed by atoms with Gasteiger partial charge in [-0.3, -0.25) is 9.36 Å². The Morgan fingerprint density at radius 3 is 2.45 bits per heavy atom. The van der Waals surface area contributed by atoms with Crippen molar-refractivity contribution in [1.29, 1.82) is 0 Å². The molecule has 0 spiro atoms. The van der Waals surface area contributed by atoms with E-state index in [1.807, 2.05) is 0 Å². The lowest BCUT2D eigenvalue weighted by Crippen LogP contribution is -2.31. The van der Waals surface area contributed by atoms with Crippen molar-refractivity contribution in [3.63, 3.8) is 0 Å². The second kappa shape index (κ2) is 10.4. The molecule has 1 aromatic carbocycles. The molecule has 1 aliphatic heterocycles. The van der Waals surface area contributed by atoms with E-state index in [0.29, 0.717) is 0 Å². The second-order valence-electron chi connectivity index (χ2n) is 6.97. The fourth-order valence-corrected chi connectivity index (χ4v) is 3.65. The lowest BCUT2D eigenvalue weighted by Gasteiger charge is -2.26. The molecule has 0 bridgehead atoms. The maximum atomic E-state index is 12.9. The Labute approximate surface area is 179 Å². The summed E-state index contributed by atoms with van der Waals surface area (Å²) in [7, 11) is 0. The van der Waals surface area contributed by atoms with Crippen molar-refractivity contribution in [2.45, 2.75) is 31.9 Å². The minimum Gasteiger partial charge on any atom is -0.385 e. The van der Waals surface area contributed by atoms with Gasteiger partial charge in [0.25, 0.3) is 5.56 Å². The number of halogens is 5. The molecule has 0 unspecified atom stereocenters. The first kappa shape index (κ1) is 23.6. The number of piperidine rings is 1. The van der Waals surface area contributed by atoms with Gasteiger partial charge in [-0.05, 0) is 63.2 Å². The summed E-state index contributed by atoms with van der Waals surface area (Å²) in [6.07, 6.45) is 1.08. The maximum Gasteiger partial charge on any atom is 0.417 e.